The van der Waals surface area contributed by atoms with Gasteiger partial charge in [0.1, 0.15) is 6.04 Å². The Kier molecular flexibility index (Phi) is 3.45. The summed E-state index contributed by atoms with van der Waals surface area (Å²) in [6, 6.07) is -0.308. The largest absolute Gasteiger partial charge is 0.337 e. The number of β-lactam (4-membered cyclic amide) rings is 1. The van der Waals surface area contributed by atoms with Crippen LogP contribution < -0.4 is 5.73 Å². The van der Waals surface area contributed by atoms with Crippen molar-refractivity contribution >= 4 is 22.1 Å². The van der Waals surface area contributed by atoms with Gasteiger partial charge in [0.05, 0.1) is 21.7 Å². The van der Waals surface area contributed by atoms with Crippen molar-refractivity contribution in [2.24, 2.45) is 5.73 Å². The van der Waals surface area contributed by atoms with Crippen LogP contribution in [-0.4, -0.2) is 43.8 Å². The number of amides is 1. The lowest BCUT2D eigenvalue weighted by atomic mass is 9.83. The van der Waals surface area contributed by atoms with Crippen LogP contribution in [0.5, 0.6) is 0 Å². The van der Waals surface area contributed by atoms with E-state index >= 15 is 0 Å². The molecule has 1 rings (SSSR count). The van der Waals surface area contributed by atoms with Crippen molar-refractivity contribution in [1.82, 2.24) is 4.90 Å². The fourth-order valence-electron chi connectivity index (χ4n) is 3.35. The van der Waals surface area contributed by atoms with Crippen molar-refractivity contribution in [3.05, 3.63) is 0 Å². The summed E-state index contributed by atoms with van der Waals surface area (Å²) < 4.78 is 0. The smallest absolute Gasteiger partial charge is 0.242 e. The zero-order chi connectivity index (χ0) is 13.8. The molecular formula is C12H28N2OSi2. The van der Waals surface area contributed by atoms with Crippen molar-refractivity contribution < 1.29 is 4.79 Å². The van der Waals surface area contributed by atoms with Crippen molar-refractivity contribution in [3.63, 3.8) is 0 Å². The molecule has 1 fully saturated rings. The predicted octanol–water partition coefficient (Wildman–Crippen LogP) is 2.06. The molecule has 1 amide bonds. The van der Waals surface area contributed by atoms with Crippen LogP contribution in [0, 0.1) is 0 Å². The summed E-state index contributed by atoms with van der Waals surface area (Å²) in [5, 5.41) is 0.470. The molecule has 0 aromatic heterocycles. The number of rotatable bonds is 3. The Morgan fingerprint density at radius 1 is 1.12 bits per heavy atom. The molecule has 0 radical (unpaired) electrons. The minimum Gasteiger partial charge on any atom is -0.337 e. The summed E-state index contributed by atoms with van der Waals surface area (Å²) in [5.41, 5.74) is 5.79. The van der Waals surface area contributed by atoms with E-state index in [9.17, 15) is 4.79 Å². The van der Waals surface area contributed by atoms with Gasteiger partial charge in [-0.2, -0.15) is 0 Å². The van der Waals surface area contributed by atoms with E-state index in [1.165, 1.54) is 0 Å². The van der Waals surface area contributed by atoms with E-state index in [1.54, 1.807) is 0 Å². The van der Waals surface area contributed by atoms with Crippen LogP contribution in [0.2, 0.25) is 39.3 Å². The maximum absolute atomic E-state index is 12.2. The zero-order valence-corrected chi connectivity index (χ0v) is 14.6. The second-order valence-corrected chi connectivity index (χ2v) is 19.1. The monoisotopic (exact) mass is 272 g/mol. The average Bonchev–Trinajstić information content (AvgIpc) is 2.08. The molecule has 0 aromatic rings. The Hall–Kier alpha value is -0.136. The SMILES string of the molecule is CC1(C)[C@H](N)C(=O)N1C([Si](C)(C)C)[Si](C)(C)C. The number of hydrogen-bond acceptors (Lipinski definition) is 2. The van der Waals surface area contributed by atoms with Crippen molar-refractivity contribution in [2.45, 2.75) is 70.0 Å². The first-order valence-electron chi connectivity index (χ1n) is 6.40. The van der Waals surface area contributed by atoms with Gasteiger partial charge in [-0.25, -0.2) is 0 Å². The standard InChI is InChI=1S/C12H28N2OSi2/c1-12(2)9(13)10(15)14(12)11(16(3,4)5)17(6,7)8/h9,11H,13H2,1-8H3/t9-/m1/s1. The maximum Gasteiger partial charge on any atom is 0.242 e. The van der Waals surface area contributed by atoms with Gasteiger partial charge >= 0.3 is 0 Å². The molecule has 0 bridgehead atoms. The fourth-order valence-corrected chi connectivity index (χ4v) is 16.2. The van der Waals surface area contributed by atoms with Crippen LogP contribution in [0.25, 0.3) is 0 Å². The van der Waals surface area contributed by atoms with Gasteiger partial charge < -0.3 is 10.6 Å². The van der Waals surface area contributed by atoms with Crippen molar-refractivity contribution in [3.8, 4) is 0 Å². The highest BCUT2D eigenvalue weighted by Crippen LogP contribution is 2.38. The van der Waals surface area contributed by atoms with Crippen molar-refractivity contribution in [2.75, 3.05) is 0 Å². The average molecular weight is 273 g/mol. The molecule has 5 heteroatoms. The molecular weight excluding hydrogens is 244 g/mol. The van der Waals surface area contributed by atoms with Gasteiger partial charge in [0.2, 0.25) is 5.91 Å². The van der Waals surface area contributed by atoms with Crippen LogP contribution in [0.3, 0.4) is 0 Å². The molecule has 2 N–H and O–H groups in total. The number of likely N-dealkylation sites (tertiary alicyclic amines) is 1. The van der Waals surface area contributed by atoms with E-state index in [2.05, 4.69) is 58.0 Å². The molecule has 0 saturated carbocycles. The van der Waals surface area contributed by atoms with Gasteiger partial charge in [0.25, 0.3) is 0 Å². The molecule has 1 aliphatic rings. The maximum atomic E-state index is 12.2. The Bertz CT molecular complexity index is 314. The van der Waals surface area contributed by atoms with E-state index in [4.69, 9.17) is 5.73 Å². The quantitative estimate of drug-likeness (QED) is 0.631. The van der Waals surface area contributed by atoms with E-state index in [0.717, 1.165) is 0 Å². The number of nitrogens with zero attached hydrogens (tertiary/aromatic N) is 1. The lowest BCUT2D eigenvalue weighted by molar-refractivity contribution is -0.157. The normalized spacial score (nSPS) is 25.2. The summed E-state index contributed by atoms with van der Waals surface area (Å²) in [5.74, 6) is 0.157. The molecule has 100 valence electrons. The van der Waals surface area contributed by atoms with E-state index in [-0.39, 0.29) is 17.5 Å². The Balaban J connectivity index is 3.15. The molecule has 3 nitrogen and oxygen atoms in total. The van der Waals surface area contributed by atoms with Crippen LogP contribution in [0.4, 0.5) is 0 Å². The second kappa shape index (κ2) is 3.93. The van der Waals surface area contributed by atoms with Crippen LogP contribution in [-0.2, 0) is 4.79 Å². The predicted molar refractivity (Wildman–Crippen MR) is 79.4 cm³/mol. The third-order valence-corrected chi connectivity index (χ3v) is 12.8. The third-order valence-electron chi connectivity index (χ3n) is 3.78. The Labute approximate surface area is 108 Å². The summed E-state index contributed by atoms with van der Waals surface area (Å²) in [6.45, 7) is 18.4. The zero-order valence-electron chi connectivity index (χ0n) is 12.6. The highest BCUT2D eigenvalue weighted by Gasteiger charge is 2.59. The fraction of sp³-hybridized carbons (Fsp3) is 0.917. The van der Waals surface area contributed by atoms with Crippen LogP contribution >= 0.6 is 0 Å². The second-order valence-electron chi connectivity index (χ2n) is 7.97. The molecule has 0 spiro atoms. The van der Waals surface area contributed by atoms with Crippen LogP contribution in [0.1, 0.15) is 13.8 Å². The minimum absolute atomic E-state index is 0.157. The first-order chi connectivity index (χ1) is 7.31. The van der Waals surface area contributed by atoms with E-state index < -0.39 is 16.1 Å². The highest BCUT2D eigenvalue weighted by atomic mass is 28.4. The summed E-state index contributed by atoms with van der Waals surface area (Å²) in [4.78, 5) is 14.3. The number of carbonyl (C=O) groups excluding carboxylic acids is 1. The summed E-state index contributed by atoms with van der Waals surface area (Å²) in [6.07, 6.45) is 0. The lowest BCUT2D eigenvalue weighted by Crippen LogP contribution is -2.83. The first-order valence-corrected chi connectivity index (χ1v) is 13.6. The van der Waals surface area contributed by atoms with Gasteiger partial charge in [0, 0.05) is 5.29 Å². The molecule has 0 unspecified atom stereocenters. The molecule has 1 heterocycles. The Morgan fingerprint density at radius 2 is 1.47 bits per heavy atom. The number of nitrogens with two attached hydrogens (primary N) is 1. The molecule has 1 atom stereocenters. The molecule has 1 saturated heterocycles. The van der Waals surface area contributed by atoms with E-state index in [1.807, 2.05) is 0 Å². The van der Waals surface area contributed by atoms with Crippen LogP contribution in [0.15, 0.2) is 0 Å². The van der Waals surface area contributed by atoms with Gasteiger partial charge in [-0.05, 0) is 13.8 Å². The van der Waals surface area contributed by atoms with Gasteiger partial charge in [-0.15, -0.1) is 0 Å². The lowest BCUT2D eigenvalue weighted by Gasteiger charge is -2.61. The first kappa shape index (κ1) is 14.9. The summed E-state index contributed by atoms with van der Waals surface area (Å²) >= 11 is 0. The summed E-state index contributed by atoms with van der Waals surface area (Å²) in [7, 11) is -2.81. The van der Waals surface area contributed by atoms with Gasteiger partial charge in [-0.3, -0.25) is 4.79 Å². The highest BCUT2D eigenvalue weighted by molar-refractivity contribution is 6.96. The molecule has 0 aromatic carbocycles. The number of hydrogen-bond donors (Lipinski definition) is 1. The minimum atomic E-state index is -1.40. The number of carbonyl (C=O) groups is 1. The Morgan fingerprint density at radius 3 is 1.71 bits per heavy atom. The molecule has 17 heavy (non-hydrogen) atoms. The molecule has 0 aliphatic carbocycles. The van der Waals surface area contributed by atoms with Gasteiger partial charge in [0.15, 0.2) is 0 Å². The third kappa shape index (κ3) is 2.37. The topological polar surface area (TPSA) is 46.3 Å². The van der Waals surface area contributed by atoms with Crippen molar-refractivity contribution in [1.29, 1.82) is 0 Å². The molecule has 1 aliphatic heterocycles. The van der Waals surface area contributed by atoms with Gasteiger partial charge in [-0.1, -0.05) is 39.3 Å². The van der Waals surface area contributed by atoms with E-state index in [0.29, 0.717) is 5.29 Å².